The Morgan fingerprint density at radius 2 is 1.84 bits per heavy atom. The Morgan fingerprint density at radius 3 is 2.42 bits per heavy atom. The third-order valence-corrected chi connectivity index (χ3v) is 4.49. The number of piperidine rings is 1. The zero-order chi connectivity index (χ0) is 14.0. The molecule has 1 aliphatic rings. The van der Waals surface area contributed by atoms with Crippen molar-refractivity contribution in [2.45, 2.75) is 46.6 Å². The summed E-state index contributed by atoms with van der Waals surface area (Å²) in [7, 11) is 0. The van der Waals surface area contributed by atoms with Gasteiger partial charge in [-0.3, -0.25) is 0 Å². The number of hydrogen-bond donors (Lipinski definition) is 1. The van der Waals surface area contributed by atoms with E-state index >= 15 is 0 Å². The molecule has 1 aliphatic heterocycles. The molecule has 1 fully saturated rings. The molecule has 1 saturated heterocycles. The van der Waals surface area contributed by atoms with Crippen molar-refractivity contribution >= 4 is 0 Å². The van der Waals surface area contributed by atoms with E-state index in [1.807, 2.05) is 0 Å². The molecule has 0 aromatic heterocycles. The molecule has 0 saturated carbocycles. The predicted molar refractivity (Wildman–Crippen MR) is 82.3 cm³/mol. The Morgan fingerprint density at radius 1 is 1.21 bits per heavy atom. The fourth-order valence-corrected chi connectivity index (χ4v) is 2.96. The summed E-state index contributed by atoms with van der Waals surface area (Å²) in [6, 6.07) is 6.74. The van der Waals surface area contributed by atoms with E-state index in [2.05, 4.69) is 50.8 Å². The van der Waals surface area contributed by atoms with Crippen LogP contribution in [0.5, 0.6) is 0 Å². The number of rotatable bonds is 3. The minimum absolute atomic E-state index is 0.141. The molecule has 0 spiro atoms. The first kappa shape index (κ1) is 14.5. The van der Waals surface area contributed by atoms with Gasteiger partial charge in [0, 0.05) is 12.6 Å². The molecule has 1 aromatic rings. The highest BCUT2D eigenvalue weighted by Crippen LogP contribution is 2.30. The van der Waals surface area contributed by atoms with Crippen LogP contribution in [-0.4, -0.2) is 24.5 Å². The number of nitrogens with two attached hydrogens (primary N) is 1. The Labute approximate surface area is 118 Å². The molecular formula is C17H28N2. The van der Waals surface area contributed by atoms with Crippen LogP contribution in [0.4, 0.5) is 0 Å². The maximum Gasteiger partial charge on any atom is 0.0426 e. The normalized spacial score (nSPS) is 21.3. The van der Waals surface area contributed by atoms with Gasteiger partial charge in [-0.1, -0.05) is 37.6 Å². The van der Waals surface area contributed by atoms with Crippen molar-refractivity contribution in [3.05, 3.63) is 34.9 Å². The number of hydrogen-bond acceptors (Lipinski definition) is 2. The van der Waals surface area contributed by atoms with Crippen molar-refractivity contribution in [3.8, 4) is 0 Å². The van der Waals surface area contributed by atoms with Crippen LogP contribution in [-0.2, 0) is 0 Å². The molecular weight excluding hydrogens is 232 g/mol. The quantitative estimate of drug-likeness (QED) is 0.902. The lowest BCUT2D eigenvalue weighted by atomic mass is 9.82. The molecule has 0 bridgehead atoms. The first-order valence-electron chi connectivity index (χ1n) is 7.42. The van der Waals surface area contributed by atoms with E-state index < -0.39 is 0 Å². The number of benzene rings is 1. The summed E-state index contributed by atoms with van der Waals surface area (Å²) < 4.78 is 0. The minimum Gasteiger partial charge on any atom is -0.323 e. The number of aryl methyl sites for hydroxylation is 2. The fourth-order valence-electron chi connectivity index (χ4n) is 2.96. The highest BCUT2D eigenvalue weighted by Gasteiger charge is 2.26. The molecule has 1 aromatic carbocycles. The van der Waals surface area contributed by atoms with Crippen molar-refractivity contribution in [1.29, 1.82) is 0 Å². The van der Waals surface area contributed by atoms with Gasteiger partial charge in [0.15, 0.2) is 0 Å². The fraction of sp³-hybridized carbons (Fsp3) is 0.647. The molecule has 1 unspecified atom stereocenters. The molecule has 0 amide bonds. The lowest BCUT2D eigenvalue weighted by Crippen LogP contribution is -2.41. The summed E-state index contributed by atoms with van der Waals surface area (Å²) in [6.07, 6.45) is 2.57. The van der Waals surface area contributed by atoms with Gasteiger partial charge in [0.05, 0.1) is 0 Å². The molecule has 1 heterocycles. The molecule has 2 nitrogen and oxygen atoms in total. The van der Waals surface area contributed by atoms with Crippen LogP contribution in [0.2, 0.25) is 0 Å². The summed E-state index contributed by atoms with van der Waals surface area (Å²) in [5.41, 5.74) is 10.9. The largest absolute Gasteiger partial charge is 0.323 e. The molecule has 0 radical (unpaired) electrons. The van der Waals surface area contributed by atoms with Crippen LogP contribution in [0.15, 0.2) is 18.2 Å². The zero-order valence-corrected chi connectivity index (χ0v) is 12.9. The molecule has 106 valence electrons. The van der Waals surface area contributed by atoms with Gasteiger partial charge < -0.3 is 10.6 Å². The van der Waals surface area contributed by atoms with Gasteiger partial charge in [0.25, 0.3) is 0 Å². The summed E-state index contributed by atoms with van der Waals surface area (Å²) >= 11 is 0. The standard InChI is InChI=1S/C17H28N2/c1-13-5-6-15(14(2)11-13)16(18)12-19-9-7-17(3,4)8-10-19/h5-6,11,16H,7-10,12,18H2,1-4H3. The highest BCUT2D eigenvalue weighted by molar-refractivity contribution is 5.32. The summed E-state index contributed by atoms with van der Waals surface area (Å²) in [4.78, 5) is 2.52. The van der Waals surface area contributed by atoms with E-state index in [0.29, 0.717) is 5.41 Å². The third kappa shape index (κ3) is 3.80. The average molecular weight is 260 g/mol. The maximum atomic E-state index is 6.40. The van der Waals surface area contributed by atoms with Crippen LogP contribution in [0.25, 0.3) is 0 Å². The van der Waals surface area contributed by atoms with Crippen molar-refractivity contribution in [1.82, 2.24) is 4.90 Å². The Kier molecular flexibility index (Phi) is 4.32. The van der Waals surface area contributed by atoms with Crippen molar-refractivity contribution in [2.24, 2.45) is 11.1 Å². The number of nitrogens with zero attached hydrogens (tertiary/aromatic N) is 1. The van der Waals surface area contributed by atoms with Crippen LogP contribution in [0.1, 0.15) is 49.4 Å². The second-order valence-corrected chi connectivity index (χ2v) is 6.93. The maximum absolute atomic E-state index is 6.40. The molecule has 2 rings (SSSR count). The van der Waals surface area contributed by atoms with Crippen LogP contribution >= 0.6 is 0 Å². The molecule has 1 atom stereocenters. The first-order valence-corrected chi connectivity index (χ1v) is 7.42. The molecule has 2 N–H and O–H groups in total. The topological polar surface area (TPSA) is 29.3 Å². The van der Waals surface area contributed by atoms with Crippen LogP contribution < -0.4 is 5.73 Å². The van der Waals surface area contributed by atoms with E-state index in [0.717, 1.165) is 6.54 Å². The van der Waals surface area contributed by atoms with Gasteiger partial charge in [-0.2, -0.15) is 0 Å². The van der Waals surface area contributed by atoms with Crippen molar-refractivity contribution < 1.29 is 0 Å². The van der Waals surface area contributed by atoms with Gasteiger partial charge in [-0.25, -0.2) is 0 Å². The van der Waals surface area contributed by atoms with E-state index in [1.54, 1.807) is 0 Å². The van der Waals surface area contributed by atoms with Gasteiger partial charge in [0.1, 0.15) is 0 Å². The number of likely N-dealkylation sites (tertiary alicyclic amines) is 1. The van der Waals surface area contributed by atoms with E-state index in [-0.39, 0.29) is 6.04 Å². The summed E-state index contributed by atoms with van der Waals surface area (Å²) in [6.45, 7) is 12.4. The van der Waals surface area contributed by atoms with E-state index in [9.17, 15) is 0 Å². The molecule has 2 heteroatoms. The Bertz CT molecular complexity index is 427. The first-order chi connectivity index (χ1) is 8.87. The molecule has 0 aliphatic carbocycles. The third-order valence-electron chi connectivity index (χ3n) is 4.49. The van der Waals surface area contributed by atoms with E-state index in [4.69, 9.17) is 5.73 Å². The SMILES string of the molecule is Cc1ccc(C(N)CN2CCC(C)(C)CC2)c(C)c1. The van der Waals surface area contributed by atoms with Crippen molar-refractivity contribution in [3.63, 3.8) is 0 Å². The van der Waals surface area contributed by atoms with Crippen molar-refractivity contribution in [2.75, 3.05) is 19.6 Å². The molecule has 19 heavy (non-hydrogen) atoms. The Balaban J connectivity index is 1.96. The lowest BCUT2D eigenvalue weighted by molar-refractivity contribution is 0.127. The average Bonchev–Trinajstić information content (AvgIpc) is 2.31. The van der Waals surface area contributed by atoms with Gasteiger partial charge in [-0.15, -0.1) is 0 Å². The second-order valence-electron chi connectivity index (χ2n) is 6.93. The zero-order valence-electron chi connectivity index (χ0n) is 12.9. The minimum atomic E-state index is 0.141. The van der Waals surface area contributed by atoms with Gasteiger partial charge in [0.2, 0.25) is 0 Å². The predicted octanol–water partition coefficient (Wildman–Crippen LogP) is 3.43. The lowest BCUT2D eigenvalue weighted by Gasteiger charge is -2.38. The smallest absolute Gasteiger partial charge is 0.0426 e. The summed E-state index contributed by atoms with van der Waals surface area (Å²) in [5.74, 6) is 0. The monoisotopic (exact) mass is 260 g/mol. The highest BCUT2D eigenvalue weighted by atomic mass is 15.1. The Hall–Kier alpha value is -0.860. The second kappa shape index (κ2) is 5.64. The van der Waals surface area contributed by atoms with Crippen LogP contribution in [0, 0.1) is 19.3 Å². The van der Waals surface area contributed by atoms with Crippen LogP contribution in [0.3, 0.4) is 0 Å². The summed E-state index contributed by atoms with van der Waals surface area (Å²) in [5, 5.41) is 0. The van der Waals surface area contributed by atoms with Gasteiger partial charge in [-0.05, 0) is 56.3 Å². The van der Waals surface area contributed by atoms with E-state index in [1.165, 1.54) is 42.6 Å². The van der Waals surface area contributed by atoms with Gasteiger partial charge >= 0.3 is 0 Å².